The number of rotatable bonds is 17. The lowest BCUT2D eigenvalue weighted by Gasteiger charge is -2.22. The second-order valence-electron chi connectivity index (χ2n) is 10.4. The fraction of sp³-hybridized carbons (Fsp3) is 0.455. The first-order valence-electron chi connectivity index (χ1n) is 14.3. The molecule has 0 aliphatic heterocycles. The van der Waals surface area contributed by atoms with E-state index in [1.54, 1.807) is 12.1 Å². The molecule has 0 fully saturated rings. The van der Waals surface area contributed by atoms with Gasteiger partial charge in [-0.2, -0.15) is 0 Å². The maximum Gasteiger partial charge on any atom is 0.573 e. The number of alkyl halides is 3. The summed E-state index contributed by atoms with van der Waals surface area (Å²) >= 11 is 0. The lowest BCUT2D eigenvalue weighted by Crippen LogP contribution is -2.25. The standard InChI is InChI=1S/C33H40F5NO/c1-2-23-39(25-26-11-21-31(22-12-26)40-33(36,37)38)24-9-7-5-3-4-6-8-10-32(27-13-17-29(34)18-14-27)28-15-19-30(35)20-16-28/h11-22,32H,2-10,23-25H2,1H3. The SMILES string of the molecule is CCCN(CCCCCCCCCC(c1ccc(F)cc1)c1ccc(F)cc1)Cc1ccc(OC(F)(F)F)cc1. The smallest absolute Gasteiger partial charge is 0.406 e. The number of halogens is 5. The molecule has 40 heavy (non-hydrogen) atoms. The Morgan fingerprint density at radius 1 is 0.650 bits per heavy atom. The molecule has 0 amide bonds. The van der Waals surface area contributed by atoms with Crippen LogP contribution in [0.25, 0.3) is 0 Å². The van der Waals surface area contributed by atoms with E-state index < -0.39 is 6.36 Å². The van der Waals surface area contributed by atoms with Crippen molar-refractivity contribution in [3.05, 3.63) is 101 Å². The van der Waals surface area contributed by atoms with Crippen molar-refractivity contribution in [3.8, 4) is 5.75 Å². The topological polar surface area (TPSA) is 12.5 Å². The summed E-state index contributed by atoms with van der Waals surface area (Å²) in [6.07, 6.45) is 5.19. The molecule has 3 aromatic carbocycles. The highest BCUT2D eigenvalue weighted by Crippen LogP contribution is 2.31. The molecule has 0 radical (unpaired) electrons. The van der Waals surface area contributed by atoms with Gasteiger partial charge in [-0.3, -0.25) is 4.90 Å². The van der Waals surface area contributed by atoms with Gasteiger partial charge in [0.25, 0.3) is 0 Å². The maximum absolute atomic E-state index is 13.4. The molecule has 0 saturated carbocycles. The summed E-state index contributed by atoms with van der Waals surface area (Å²) < 4.78 is 67.9. The fourth-order valence-electron chi connectivity index (χ4n) is 5.12. The van der Waals surface area contributed by atoms with Crippen molar-refractivity contribution in [1.82, 2.24) is 4.90 Å². The Hall–Kier alpha value is -2.93. The second-order valence-corrected chi connectivity index (χ2v) is 10.4. The van der Waals surface area contributed by atoms with Crippen LogP contribution in [0, 0.1) is 11.6 Å². The summed E-state index contributed by atoms with van der Waals surface area (Å²) in [4.78, 5) is 2.35. The summed E-state index contributed by atoms with van der Waals surface area (Å²) in [7, 11) is 0. The number of hydrogen-bond donors (Lipinski definition) is 0. The lowest BCUT2D eigenvalue weighted by molar-refractivity contribution is -0.274. The van der Waals surface area contributed by atoms with Crippen molar-refractivity contribution in [3.63, 3.8) is 0 Å². The molecule has 218 valence electrons. The van der Waals surface area contributed by atoms with E-state index in [1.807, 2.05) is 24.3 Å². The van der Waals surface area contributed by atoms with Crippen molar-refractivity contribution in [2.45, 2.75) is 83.5 Å². The predicted molar refractivity (Wildman–Crippen MR) is 150 cm³/mol. The highest BCUT2D eigenvalue weighted by atomic mass is 19.4. The van der Waals surface area contributed by atoms with Crippen LogP contribution in [0.1, 0.15) is 87.3 Å². The lowest BCUT2D eigenvalue weighted by atomic mass is 9.86. The highest BCUT2D eigenvalue weighted by molar-refractivity contribution is 5.32. The van der Waals surface area contributed by atoms with Gasteiger partial charge in [0.05, 0.1) is 0 Å². The number of nitrogens with zero attached hydrogens (tertiary/aromatic N) is 1. The van der Waals surface area contributed by atoms with Gasteiger partial charge in [0.15, 0.2) is 0 Å². The molecule has 0 aromatic heterocycles. The van der Waals surface area contributed by atoms with Crippen LogP contribution in [0.15, 0.2) is 72.8 Å². The minimum Gasteiger partial charge on any atom is -0.406 e. The van der Waals surface area contributed by atoms with Crippen LogP contribution in [0.4, 0.5) is 22.0 Å². The van der Waals surface area contributed by atoms with Crippen LogP contribution in [0.3, 0.4) is 0 Å². The third kappa shape index (κ3) is 11.7. The molecular formula is C33H40F5NO. The Morgan fingerprint density at radius 2 is 1.15 bits per heavy atom. The Labute approximate surface area is 235 Å². The van der Waals surface area contributed by atoms with E-state index in [4.69, 9.17) is 0 Å². The average molecular weight is 562 g/mol. The number of hydrogen-bond acceptors (Lipinski definition) is 2. The van der Waals surface area contributed by atoms with Crippen molar-refractivity contribution in [2.75, 3.05) is 13.1 Å². The Bertz CT molecular complexity index is 1050. The van der Waals surface area contributed by atoms with Crippen LogP contribution in [-0.2, 0) is 6.54 Å². The van der Waals surface area contributed by atoms with Crippen molar-refractivity contribution in [1.29, 1.82) is 0 Å². The molecule has 0 aliphatic rings. The summed E-state index contributed by atoms with van der Waals surface area (Å²) in [6, 6.07) is 19.3. The quantitative estimate of drug-likeness (QED) is 0.120. The molecule has 0 spiro atoms. The van der Waals surface area contributed by atoms with E-state index in [9.17, 15) is 22.0 Å². The molecule has 3 rings (SSSR count). The summed E-state index contributed by atoms with van der Waals surface area (Å²) in [5.41, 5.74) is 3.08. The average Bonchev–Trinajstić information content (AvgIpc) is 2.91. The fourth-order valence-corrected chi connectivity index (χ4v) is 5.12. The van der Waals surface area contributed by atoms with Crippen LogP contribution in [0.5, 0.6) is 5.75 Å². The van der Waals surface area contributed by atoms with E-state index >= 15 is 0 Å². The van der Waals surface area contributed by atoms with Crippen molar-refractivity contribution < 1.29 is 26.7 Å². The van der Waals surface area contributed by atoms with E-state index in [0.717, 1.165) is 74.7 Å². The minimum absolute atomic E-state index is 0.124. The van der Waals surface area contributed by atoms with Crippen LogP contribution < -0.4 is 4.74 Å². The molecule has 0 bridgehead atoms. The summed E-state index contributed by atoms with van der Waals surface area (Å²) in [6.45, 7) is 4.75. The van der Waals surface area contributed by atoms with Crippen molar-refractivity contribution >= 4 is 0 Å². The molecule has 0 saturated heterocycles. The maximum atomic E-state index is 13.4. The van der Waals surface area contributed by atoms with E-state index in [1.165, 1.54) is 49.2 Å². The normalized spacial score (nSPS) is 11.9. The number of ether oxygens (including phenoxy) is 1. The van der Waals surface area contributed by atoms with Gasteiger partial charge >= 0.3 is 6.36 Å². The van der Waals surface area contributed by atoms with Gasteiger partial charge in [0.1, 0.15) is 17.4 Å². The van der Waals surface area contributed by atoms with E-state index in [0.29, 0.717) is 6.54 Å². The monoisotopic (exact) mass is 561 g/mol. The molecule has 0 atom stereocenters. The number of benzene rings is 3. The summed E-state index contributed by atoms with van der Waals surface area (Å²) in [5, 5.41) is 0. The van der Waals surface area contributed by atoms with Crippen LogP contribution in [-0.4, -0.2) is 24.4 Å². The predicted octanol–water partition coefficient (Wildman–Crippen LogP) is 10.0. The molecule has 0 unspecified atom stereocenters. The van der Waals surface area contributed by atoms with Gasteiger partial charge in [0.2, 0.25) is 0 Å². The molecule has 0 heterocycles. The third-order valence-corrected chi connectivity index (χ3v) is 7.11. The largest absolute Gasteiger partial charge is 0.573 e. The zero-order valence-electron chi connectivity index (χ0n) is 23.2. The third-order valence-electron chi connectivity index (χ3n) is 7.11. The first kappa shape index (κ1) is 31.6. The van der Waals surface area contributed by atoms with Crippen LogP contribution >= 0.6 is 0 Å². The van der Waals surface area contributed by atoms with Gasteiger partial charge in [-0.05, 0) is 85.4 Å². The first-order chi connectivity index (χ1) is 19.2. The number of unbranched alkanes of at least 4 members (excludes halogenated alkanes) is 6. The molecule has 7 heteroatoms. The van der Waals surface area contributed by atoms with Gasteiger partial charge in [-0.15, -0.1) is 13.2 Å². The zero-order valence-corrected chi connectivity index (χ0v) is 23.2. The molecule has 0 N–H and O–H groups in total. The molecule has 3 aromatic rings. The van der Waals surface area contributed by atoms with Gasteiger partial charge in [0, 0.05) is 12.5 Å². The summed E-state index contributed by atoms with van der Waals surface area (Å²) in [5.74, 6) is -0.583. The molecule has 2 nitrogen and oxygen atoms in total. The molecular weight excluding hydrogens is 521 g/mol. The van der Waals surface area contributed by atoms with E-state index in [2.05, 4.69) is 16.6 Å². The molecule has 0 aliphatic carbocycles. The Kier molecular flexibility index (Phi) is 12.9. The first-order valence-corrected chi connectivity index (χ1v) is 14.3. The van der Waals surface area contributed by atoms with Crippen molar-refractivity contribution in [2.24, 2.45) is 0 Å². The van der Waals surface area contributed by atoms with Crippen LogP contribution in [0.2, 0.25) is 0 Å². The Morgan fingerprint density at radius 3 is 1.65 bits per heavy atom. The van der Waals surface area contributed by atoms with Gasteiger partial charge in [-0.1, -0.05) is 81.8 Å². The highest BCUT2D eigenvalue weighted by Gasteiger charge is 2.31. The van der Waals surface area contributed by atoms with Gasteiger partial charge < -0.3 is 4.74 Å². The zero-order chi connectivity index (χ0) is 28.8. The van der Waals surface area contributed by atoms with Gasteiger partial charge in [-0.25, -0.2) is 8.78 Å². The Balaban J connectivity index is 1.34. The second kappa shape index (κ2) is 16.4. The van der Waals surface area contributed by atoms with E-state index in [-0.39, 0.29) is 23.3 Å². The minimum atomic E-state index is -4.67.